The monoisotopic (exact) mass is 520 g/mol. The molecule has 4 heterocycles. The smallest absolute Gasteiger partial charge is 0.361 e. The molecule has 3 aromatic rings. The van der Waals surface area contributed by atoms with Crippen LogP contribution in [-0.2, 0) is 6.54 Å². The van der Waals surface area contributed by atoms with Crippen LogP contribution < -0.4 is 10.2 Å². The third kappa shape index (κ3) is 4.76. The molecule has 35 heavy (non-hydrogen) atoms. The molecule has 0 radical (unpaired) electrons. The third-order valence-electron chi connectivity index (χ3n) is 7.45. The van der Waals surface area contributed by atoms with E-state index in [0.717, 1.165) is 49.6 Å². The third-order valence-corrected chi connectivity index (χ3v) is 9.13. The summed E-state index contributed by atoms with van der Waals surface area (Å²) >= 11 is 1.51. The first-order valence-electron chi connectivity index (χ1n) is 12.1. The Hall–Kier alpha value is -2.27. The van der Waals surface area contributed by atoms with Crippen molar-refractivity contribution in [2.75, 3.05) is 23.3 Å². The van der Waals surface area contributed by atoms with E-state index in [-0.39, 0.29) is 22.6 Å². The van der Waals surface area contributed by atoms with Gasteiger partial charge in [0.15, 0.2) is 0 Å². The van der Waals surface area contributed by atoms with Crippen molar-refractivity contribution in [2.24, 2.45) is 11.8 Å². The van der Waals surface area contributed by atoms with Crippen molar-refractivity contribution in [1.29, 1.82) is 0 Å². The molecule has 2 unspecified atom stereocenters. The summed E-state index contributed by atoms with van der Waals surface area (Å²) in [4.78, 5) is 7.58. The normalized spacial score (nSPS) is 26.1. The highest BCUT2D eigenvalue weighted by Gasteiger charge is 2.43. The molecule has 3 aliphatic rings. The fraction of sp³-hybridized carbons (Fsp3) is 0.542. The van der Waals surface area contributed by atoms with Crippen molar-refractivity contribution in [3.63, 3.8) is 0 Å². The number of aromatic nitrogens is 4. The van der Waals surface area contributed by atoms with E-state index in [1.54, 1.807) is 35.8 Å². The van der Waals surface area contributed by atoms with Gasteiger partial charge in [-0.3, -0.25) is 0 Å². The van der Waals surface area contributed by atoms with Crippen LogP contribution >= 0.6 is 23.3 Å². The maximum Gasteiger partial charge on any atom is 0.446 e. The Balaban J connectivity index is 1.17. The van der Waals surface area contributed by atoms with Gasteiger partial charge in [-0.1, -0.05) is 12.1 Å². The van der Waals surface area contributed by atoms with Gasteiger partial charge in [0.2, 0.25) is 5.95 Å². The van der Waals surface area contributed by atoms with Crippen molar-refractivity contribution >= 4 is 34.2 Å². The number of thioether (sulfide) groups is 1. The number of aryl methyl sites for hydroxylation is 2. The van der Waals surface area contributed by atoms with Gasteiger partial charge in [-0.15, -0.1) is 5.10 Å². The number of alkyl halides is 3. The minimum Gasteiger partial charge on any atom is -0.361 e. The van der Waals surface area contributed by atoms with Crippen LogP contribution in [0.3, 0.4) is 0 Å². The van der Waals surface area contributed by atoms with Gasteiger partial charge < -0.3 is 10.2 Å². The fourth-order valence-electron chi connectivity index (χ4n) is 5.92. The van der Waals surface area contributed by atoms with Gasteiger partial charge in [0.1, 0.15) is 10.8 Å². The topological polar surface area (TPSA) is 58.9 Å². The summed E-state index contributed by atoms with van der Waals surface area (Å²) in [7, 11) is 0. The molecule has 2 aromatic heterocycles. The molecule has 186 valence electrons. The van der Waals surface area contributed by atoms with Gasteiger partial charge in [-0.25, -0.2) is 4.68 Å². The molecule has 0 amide bonds. The number of benzene rings is 1. The van der Waals surface area contributed by atoms with Crippen LogP contribution in [0.1, 0.15) is 48.7 Å². The molecule has 2 aliphatic heterocycles. The molecule has 1 saturated heterocycles. The van der Waals surface area contributed by atoms with Crippen molar-refractivity contribution < 1.29 is 13.2 Å². The van der Waals surface area contributed by atoms with Crippen molar-refractivity contribution in [1.82, 2.24) is 19.1 Å². The first-order valence-corrected chi connectivity index (χ1v) is 13.7. The molecule has 2 fully saturated rings. The zero-order valence-corrected chi connectivity index (χ0v) is 21.0. The lowest BCUT2D eigenvalue weighted by atomic mass is 9.91. The van der Waals surface area contributed by atoms with Crippen LogP contribution in [-0.4, -0.2) is 43.8 Å². The molecule has 2 bridgehead atoms. The highest BCUT2D eigenvalue weighted by molar-refractivity contribution is 8.00. The predicted molar refractivity (Wildman–Crippen MR) is 132 cm³/mol. The zero-order valence-electron chi connectivity index (χ0n) is 19.3. The Labute approximate surface area is 210 Å². The predicted octanol–water partition coefficient (Wildman–Crippen LogP) is 5.91. The average Bonchev–Trinajstić information content (AvgIpc) is 3.48. The number of nitrogens with one attached hydrogen (secondary N) is 1. The quantitative estimate of drug-likeness (QED) is 0.422. The van der Waals surface area contributed by atoms with Crippen LogP contribution in [0.4, 0.5) is 24.1 Å². The fourth-order valence-corrected chi connectivity index (χ4v) is 7.23. The molecule has 4 atom stereocenters. The Morgan fingerprint density at radius 1 is 1.09 bits per heavy atom. The summed E-state index contributed by atoms with van der Waals surface area (Å²) in [6.07, 6.45) is 4.30. The van der Waals surface area contributed by atoms with Gasteiger partial charge in [0.05, 0.1) is 5.69 Å². The summed E-state index contributed by atoms with van der Waals surface area (Å²) in [5.74, 6) is 2.72. The number of hydrogen-bond acceptors (Lipinski definition) is 7. The van der Waals surface area contributed by atoms with Gasteiger partial charge in [-0.2, -0.15) is 22.5 Å². The molecule has 11 heteroatoms. The number of anilines is 2. The second kappa shape index (κ2) is 8.99. The van der Waals surface area contributed by atoms with Crippen molar-refractivity contribution in [2.45, 2.75) is 61.5 Å². The van der Waals surface area contributed by atoms with Crippen LogP contribution in [0.25, 0.3) is 0 Å². The van der Waals surface area contributed by atoms with Gasteiger partial charge in [0, 0.05) is 36.5 Å². The van der Waals surface area contributed by atoms with E-state index in [2.05, 4.69) is 20.7 Å². The van der Waals surface area contributed by atoms with Gasteiger partial charge >= 0.3 is 5.51 Å². The number of nitrogens with zero attached hydrogens (tertiary/aromatic N) is 5. The summed E-state index contributed by atoms with van der Waals surface area (Å²) in [6, 6.07) is 9.25. The number of fused-ring (bicyclic) bond motifs is 3. The Morgan fingerprint density at radius 2 is 1.83 bits per heavy atom. The van der Waals surface area contributed by atoms with Crippen LogP contribution in [0.2, 0.25) is 0 Å². The van der Waals surface area contributed by atoms with E-state index in [4.69, 9.17) is 10.1 Å². The molecule has 6 rings (SSSR count). The number of halogens is 3. The lowest BCUT2D eigenvalue weighted by Crippen LogP contribution is -2.48. The molecule has 1 aliphatic carbocycles. The van der Waals surface area contributed by atoms with E-state index in [0.29, 0.717) is 23.8 Å². The Bertz CT molecular complexity index is 1180. The molecule has 6 nitrogen and oxygen atoms in total. The summed E-state index contributed by atoms with van der Waals surface area (Å²) in [6.45, 7) is 4.90. The van der Waals surface area contributed by atoms with Crippen LogP contribution in [0.5, 0.6) is 0 Å². The van der Waals surface area contributed by atoms with E-state index in [1.807, 2.05) is 11.6 Å². The van der Waals surface area contributed by atoms with Crippen molar-refractivity contribution in [3.05, 3.63) is 47.4 Å². The first kappa shape index (κ1) is 23.1. The van der Waals surface area contributed by atoms with E-state index in [9.17, 15) is 13.2 Å². The van der Waals surface area contributed by atoms with Gasteiger partial charge in [0.25, 0.3) is 0 Å². The number of hydrogen-bond donors (Lipinski definition) is 1. The first-order chi connectivity index (χ1) is 16.8. The lowest BCUT2D eigenvalue weighted by Gasteiger charge is -2.38. The summed E-state index contributed by atoms with van der Waals surface area (Å²) in [5, 5.41) is 9.72. The van der Waals surface area contributed by atoms with E-state index < -0.39 is 5.51 Å². The minimum atomic E-state index is -4.28. The number of piperidine rings is 1. The minimum absolute atomic E-state index is 0.0462. The Morgan fingerprint density at radius 3 is 2.49 bits per heavy atom. The molecule has 1 aromatic carbocycles. The lowest BCUT2D eigenvalue weighted by molar-refractivity contribution is -0.0328. The maximum atomic E-state index is 12.7. The zero-order chi connectivity index (χ0) is 24.2. The molecular weight excluding hydrogens is 493 g/mol. The van der Waals surface area contributed by atoms with E-state index >= 15 is 0 Å². The highest BCUT2D eigenvalue weighted by Crippen LogP contribution is 2.42. The molecule has 0 spiro atoms. The summed E-state index contributed by atoms with van der Waals surface area (Å²) in [5.41, 5.74) is -2.21. The summed E-state index contributed by atoms with van der Waals surface area (Å²) < 4.78 is 44.5. The van der Waals surface area contributed by atoms with Crippen LogP contribution in [0, 0.1) is 18.8 Å². The second-order valence-electron chi connectivity index (χ2n) is 9.81. The molecule has 1 saturated carbocycles. The highest BCUT2D eigenvalue weighted by atomic mass is 32.2. The maximum absolute atomic E-state index is 12.7. The molecular formula is C24H27F3N6S2. The van der Waals surface area contributed by atoms with Crippen LogP contribution in [0.15, 0.2) is 35.2 Å². The standard InChI is InChI=1S/C24H27F3N6S2/c1-14-11-20(35-31-14)32-12-16-4-5-17(13-32)21(16)28-23-29-22-19(3-2-10-33(22)30-23)15-6-8-18(9-7-15)34-24(25,26)27/h6-9,11,16-17,19,21H,2-5,10,12-13H2,1H3,(H,28,30)/t16-,17+,19?,21?. The average molecular weight is 521 g/mol. The Kier molecular flexibility index (Phi) is 5.95. The second-order valence-corrected chi connectivity index (χ2v) is 11.7. The largest absolute Gasteiger partial charge is 0.446 e. The van der Waals surface area contributed by atoms with Crippen molar-refractivity contribution in [3.8, 4) is 0 Å². The molecule has 1 N–H and O–H groups in total. The SMILES string of the molecule is Cc1cc(N2C[C@H]3CC[C@@H](C2)C3Nc2nc3n(n2)CCCC3c2ccc(SC(F)(F)F)cc2)sn1. The van der Waals surface area contributed by atoms with Gasteiger partial charge in [-0.05, 0) is 91.5 Å². The number of rotatable bonds is 5. The van der Waals surface area contributed by atoms with E-state index in [1.165, 1.54) is 17.8 Å².